The molecule has 0 aromatic heterocycles. The van der Waals surface area contributed by atoms with Gasteiger partial charge in [0.2, 0.25) is 0 Å². The van der Waals surface area contributed by atoms with Crippen LogP contribution in [0.1, 0.15) is 25.7 Å². The monoisotopic (exact) mass is 225 g/mol. The molecule has 1 unspecified atom stereocenters. The first-order valence-corrected chi connectivity index (χ1v) is 6.78. The van der Waals surface area contributed by atoms with E-state index in [1.54, 1.807) is 0 Å². The van der Waals surface area contributed by atoms with E-state index in [9.17, 15) is 0 Å². The Kier molecular flexibility index (Phi) is 4.22. The zero-order chi connectivity index (χ0) is 11.5. The predicted molar refractivity (Wildman–Crippen MR) is 68.4 cm³/mol. The van der Waals surface area contributed by atoms with E-state index in [0.29, 0.717) is 6.04 Å². The lowest BCUT2D eigenvalue weighted by Crippen LogP contribution is -2.44. The molecule has 16 heavy (non-hydrogen) atoms. The van der Waals surface area contributed by atoms with E-state index in [1.807, 2.05) is 0 Å². The fraction of sp³-hybridized carbons (Fsp3) is 1.00. The second-order valence-electron chi connectivity index (χ2n) is 6.01. The lowest BCUT2D eigenvalue weighted by molar-refractivity contribution is 0.153. The molecule has 1 saturated heterocycles. The van der Waals surface area contributed by atoms with E-state index < -0.39 is 0 Å². The number of rotatable bonds is 5. The van der Waals surface area contributed by atoms with Crippen LogP contribution in [0.3, 0.4) is 0 Å². The van der Waals surface area contributed by atoms with Crippen molar-refractivity contribution in [2.45, 2.75) is 31.7 Å². The van der Waals surface area contributed by atoms with Gasteiger partial charge in [-0.05, 0) is 64.7 Å². The fourth-order valence-electron chi connectivity index (χ4n) is 2.84. The van der Waals surface area contributed by atoms with Crippen LogP contribution in [0.2, 0.25) is 0 Å². The van der Waals surface area contributed by atoms with Gasteiger partial charge in [0.05, 0.1) is 0 Å². The molecule has 0 radical (unpaired) electrons. The fourth-order valence-corrected chi connectivity index (χ4v) is 2.84. The molecule has 1 aliphatic heterocycles. The second-order valence-corrected chi connectivity index (χ2v) is 6.01. The highest BCUT2D eigenvalue weighted by atomic mass is 15.1. The minimum atomic E-state index is 0.449. The molecule has 1 atom stereocenters. The SMILES string of the molecule is CN(C)CC1CCN(CC(N)C2CC2)CC1. The number of hydrogen-bond acceptors (Lipinski definition) is 3. The van der Waals surface area contributed by atoms with Crippen molar-refractivity contribution in [2.24, 2.45) is 17.6 Å². The number of nitrogens with zero attached hydrogens (tertiary/aromatic N) is 2. The van der Waals surface area contributed by atoms with Crippen LogP contribution < -0.4 is 5.73 Å². The van der Waals surface area contributed by atoms with Gasteiger partial charge in [-0.15, -0.1) is 0 Å². The summed E-state index contributed by atoms with van der Waals surface area (Å²) in [5, 5.41) is 0. The second kappa shape index (κ2) is 5.48. The van der Waals surface area contributed by atoms with Crippen LogP contribution >= 0.6 is 0 Å². The van der Waals surface area contributed by atoms with Gasteiger partial charge in [-0.1, -0.05) is 0 Å². The molecular weight excluding hydrogens is 198 g/mol. The number of nitrogens with two attached hydrogens (primary N) is 1. The molecule has 0 aromatic rings. The summed E-state index contributed by atoms with van der Waals surface area (Å²) in [5.74, 6) is 1.75. The molecule has 3 nitrogen and oxygen atoms in total. The van der Waals surface area contributed by atoms with E-state index in [1.165, 1.54) is 45.3 Å². The molecule has 2 rings (SSSR count). The third-order valence-corrected chi connectivity index (χ3v) is 4.03. The summed E-state index contributed by atoms with van der Waals surface area (Å²) in [4.78, 5) is 4.89. The van der Waals surface area contributed by atoms with E-state index in [0.717, 1.165) is 18.4 Å². The van der Waals surface area contributed by atoms with Gasteiger partial charge >= 0.3 is 0 Å². The molecule has 94 valence electrons. The maximum absolute atomic E-state index is 6.18. The average molecular weight is 225 g/mol. The Morgan fingerprint density at radius 1 is 1.19 bits per heavy atom. The Labute approximate surface area is 100.0 Å². The third-order valence-electron chi connectivity index (χ3n) is 4.03. The quantitative estimate of drug-likeness (QED) is 0.757. The number of piperidine rings is 1. The van der Waals surface area contributed by atoms with E-state index in [2.05, 4.69) is 23.9 Å². The highest BCUT2D eigenvalue weighted by Crippen LogP contribution is 2.32. The largest absolute Gasteiger partial charge is 0.326 e. The van der Waals surface area contributed by atoms with Crippen molar-refractivity contribution in [2.75, 3.05) is 40.3 Å². The van der Waals surface area contributed by atoms with Gasteiger partial charge in [0.25, 0.3) is 0 Å². The number of hydrogen-bond donors (Lipinski definition) is 1. The van der Waals surface area contributed by atoms with Crippen molar-refractivity contribution >= 4 is 0 Å². The lowest BCUT2D eigenvalue weighted by Gasteiger charge is -2.34. The summed E-state index contributed by atoms with van der Waals surface area (Å²) in [6, 6.07) is 0.449. The number of likely N-dealkylation sites (tertiary alicyclic amines) is 1. The van der Waals surface area contributed by atoms with Gasteiger partial charge in [0.1, 0.15) is 0 Å². The summed E-state index contributed by atoms with van der Waals surface area (Å²) < 4.78 is 0. The van der Waals surface area contributed by atoms with Crippen LogP contribution in [-0.4, -0.2) is 56.1 Å². The first-order valence-electron chi connectivity index (χ1n) is 6.78. The van der Waals surface area contributed by atoms with Crippen LogP contribution in [0, 0.1) is 11.8 Å². The average Bonchev–Trinajstić information content (AvgIpc) is 3.03. The topological polar surface area (TPSA) is 32.5 Å². The van der Waals surface area contributed by atoms with Gasteiger partial charge in [0, 0.05) is 19.1 Å². The van der Waals surface area contributed by atoms with Crippen LogP contribution in [0.25, 0.3) is 0 Å². The van der Waals surface area contributed by atoms with Crippen molar-refractivity contribution in [1.82, 2.24) is 9.80 Å². The zero-order valence-corrected chi connectivity index (χ0v) is 10.9. The Hall–Kier alpha value is -0.120. The molecule has 2 N–H and O–H groups in total. The molecule has 0 spiro atoms. The zero-order valence-electron chi connectivity index (χ0n) is 10.9. The third kappa shape index (κ3) is 3.72. The summed E-state index contributed by atoms with van der Waals surface area (Å²) in [6.07, 6.45) is 5.46. The van der Waals surface area contributed by atoms with Gasteiger partial charge in [-0.3, -0.25) is 0 Å². The van der Waals surface area contributed by atoms with E-state index >= 15 is 0 Å². The summed E-state index contributed by atoms with van der Waals surface area (Å²) >= 11 is 0. The van der Waals surface area contributed by atoms with Crippen molar-refractivity contribution in [1.29, 1.82) is 0 Å². The minimum absolute atomic E-state index is 0.449. The molecular formula is C13H27N3. The first kappa shape index (κ1) is 12.3. The van der Waals surface area contributed by atoms with Crippen molar-refractivity contribution in [3.05, 3.63) is 0 Å². The maximum Gasteiger partial charge on any atom is 0.0196 e. The van der Waals surface area contributed by atoms with E-state index in [4.69, 9.17) is 5.73 Å². The van der Waals surface area contributed by atoms with Crippen molar-refractivity contribution < 1.29 is 0 Å². The molecule has 2 fully saturated rings. The highest BCUT2D eigenvalue weighted by molar-refractivity contribution is 4.87. The van der Waals surface area contributed by atoms with E-state index in [-0.39, 0.29) is 0 Å². The van der Waals surface area contributed by atoms with Crippen molar-refractivity contribution in [3.8, 4) is 0 Å². The predicted octanol–water partition coefficient (Wildman–Crippen LogP) is 0.997. The van der Waals surface area contributed by atoms with Gasteiger partial charge in [-0.2, -0.15) is 0 Å². The Balaban J connectivity index is 1.64. The lowest BCUT2D eigenvalue weighted by atomic mass is 9.96. The molecule has 1 saturated carbocycles. The van der Waals surface area contributed by atoms with Crippen LogP contribution in [-0.2, 0) is 0 Å². The normalized spacial score (nSPS) is 26.2. The smallest absolute Gasteiger partial charge is 0.0196 e. The Bertz CT molecular complexity index is 205. The summed E-state index contributed by atoms with van der Waals surface area (Å²) in [5.41, 5.74) is 6.18. The molecule has 0 aromatic carbocycles. The van der Waals surface area contributed by atoms with Gasteiger partial charge < -0.3 is 15.5 Å². The Morgan fingerprint density at radius 2 is 1.81 bits per heavy atom. The summed E-state index contributed by atoms with van der Waals surface area (Å²) in [6.45, 7) is 4.92. The standard InChI is InChI=1S/C13H27N3/c1-15(2)9-11-5-7-16(8-6-11)10-13(14)12-3-4-12/h11-13H,3-10,14H2,1-2H3. The maximum atomic E-state index is 6.18. The molecule has 1 heterocycles. The van der Waals surface area contributed by atoms with Gasteiger partial charge in [0.15, 0.2) is 0 Å². The molecule has 3 heteroatoms. The van der Waals surface area contributed by atoms with Gasteiger partial charge in [-0.25, -0.2) is 0 Å². The summed E-state index contributed by atoms with van der Waals surface area (Å²) in [7, 11) is 4.35. The van der Waals surface area contributed by atoms with Crippen LogP contribution in [0.5, 0.6) is 0 Å². The molecule has 0 amide bonds. The minimum Gasteiger partial charge on any atom is -0.326 e. The first-order chi connectivity index (χ1) is 7.65. The van der Waals surface area contributed by atoms with Crippen molar-refractivity contribution in [3.63, 3.8) is 0 Å². The molecule has 1 aliphatic carbocycles. The molecule has 0 bridgehead atoms. The molecule has 2 aliphatic rings. The highest BCUT2D eigenvalue weighted by Gasteiger charge is 2.30. The van der Waals surface area contributed by atoms with Crippen LogP contribution in [0.15, 0.2) is 0 Å². The van der Waals surface area contributed by atoms with Crippen LogP contribution in [0.4, 0.5) is 0 Å². The Morgan fingerprint density at radius 3 is 2.31 bits per heavy atom.